The summed E-state index contributed by atoms with van der Waals surface area (Å²) in [5.41, 5.74) is 0. The quantitative estimate of drug-likeness (QED) is 0.830. The molecule has 1 fully saturated rings. The van der Waals surface area contributed by atoms with Crippen LogP contribution in [0.3, 0.4) is 0 Å². The number of carboxylic acids is 1. The van der Waals surface area contributed by atoms with Crippen LogP contribution < -0.4 is 4.90 Å². The summed E-state index contributed by atoms with van der Waals surface area (Å²) in [6.07, 6.45) is 1.16. The maximum absolute atomic E-state index is 10.6. The average Bonchev–Trinajstić information content (AvgIpc) is 2.89. The summed E-state index contributed by atoms with van der Waals surface area (Å²) in [4.78, 5) is 12.9. The van der Waals surface area contributed by atoms with Crippen LogP contribution in [-0.4, -0.2) is 44.2 Å². The maximum atomic E-state index is 10.6. The Kier molecular flexibility index (Phi) is 4.34. The van der Waals surface area contributed by atoms with Crippen LogP contribution in [0.4, 0.5) is 5.95 Å². The molecule has 0 saturated carbocycles. The van der Waals surface area contributed by atoms with Crippen molar-refractivity contribution in [3.63, 3.8) is 0 Å². The van der Waals surface area contributed by atoms with Crippen molar-refractivity contribution in [3.8, 4) is 0 Å². The molecule has 1 saturated heterocycles. The lowest BCUT2D eigenvalue weighted by Gasteiger charge is -2.22. The Labute approximate surface area is 117 Å². The summed E-state index contributed by atoms with van der Waals surface area (Å²) >= 11 is 1.22. The molecule has 2 rings (SSSR count). The van der Waals surface area contributed by atoms with E-state index >= 15 is 0 Å². The van der Waals surface area contributed by atoms with Crippen molar-refractivity contribution in [2.75, 3.05) is 17.2 Å². The number of nitrogens with zero attached hydrogens (tertiary/aromatic N) is 4. The summed E-state index contributed by atoms with van der Waals surface area (Å²) < 4.78 is 2.00. The third kappa shape index (κ3) is 3.02. The molecule has 2 atom stereocenters. The fourth-order valence-electron chi connectivity index (χ4n) is 2.58. The minimum atomic E-state index is -0.833. The van der Waals surface area contributed by atoms with Crippen molar-refractivity contribution in [1.82, 2.24) is 14.8 Å². The Balaban J connectivity index is 2.19. The lowest BCUT2D eigenvalue weighted by Crippen LogP contribution is -2.29. The number of rotatable bonds is 5. The summed E-state index contributed by atoms with van der Waals surface area (Å²) in [6, 6.07) is 0.460. The molecule has 1 aliphatic heterocycles. The van der Waals surface area contributed by atoms with Gasteiger partial charge in [0.25, 0.3) is 0 Å². The lowest BCUT2D eigenvalue weighted by atomic mass is 10.1. The fourth-order valence-corrected chi connectivity index (χ4v) is 3.30. The van der Waals surface area contributed by atoms with E-state index in [4.69, 9.17) is 5.11 Å². The fraction of sp³-hybridized carbons (Fsp3) is 0.750. The smallest absolute Gasteiger partial charge is 0.313 e. The number of carboxylic acid groups (broad SMARTS) is 1. The van der Waals surface area contributed by atoms with Gasteiger partial charge in [-0.25, -0.2) is 0 Å². The Morgan fingerprint density at radius 3 is 2.74 bits per heavy atom. The third-order valence-corrected chi connectivity index (χ3v) is 4.33. The summed E-state index contributed by atoms with van der Waals surface area (Å²) in [5, 5.41) is 17.8. The van der Waals surface area contributed by atoms with E-state index in [0.29, 0.717) is 17.1 Å². The van der Waals surface area contributed by atoms with E-state index in [2.05, 4.69) is 28.9 Å². The molecule has 1 aromatic heterocycles. The number of anilines is 1. The van der Waals surface area contributed by atoms with Crippen molar-refractivity contribution in [3.05, 3.63) is 0 Å². The van der Waals surface area contributed by atoms with Gasteiger partial charge >= 0.3 is 5.97 Å². The summed E-state index contributed by atoms with van der Waals surface area (Å²) in [6.45, 7) is 8.21. The first-order valence-electron chi connectivity index (χ1n) is 6.57. The zero-order valence-corrected chi connectivity index (χ0v) is 12.4. The molecule has 1 N–H and O–H groups in total. The second kappa shape index (κ2) is 5.81. The topological polar surface area (TPSA) is 71.2 Å². The van der Waals surface area contributed by atoms with Gasteiger partial charge in [-0.15, -0.1) is 10.2 Å². The molecule has 0 spiro atoms. The second-order valence-corrected chi connectivity index (χ2v) is 5.99. The summed E-state index contributed by atoms with van der Waals surface area (Å²) in [7, 11) is 0. The highest BCUT2D eigenvalue weighted by Crippen LogP contribution is 2.29. The van der Waals surface area contributed by atoms with Crippen LogP contribution in [0.15, 0.2) is 5.16 Å². The molecule has 19 heavy (non-hydrogen) atoms. The average molecular weight is 284 g/mol. The van der Waals surface area contributed by atoms with Crippen LogP contribution in [0, 0.1) is 5.92 Å². The van der Waals surface area contributed by atoms with Gasteiger partial charge < -0.3 is 10.0 Å². The number of carbonyl (C=O) groups is 1. The normalized spacial score (nSPS) is 23.0. The Morgan fingerprint density at radius 2 is 2.21 bits per heavy atom. The number of hydrogen-bond acceptors (Lipinski definition) is 5. The molecular weight excluding hydrogens is 264 g/mol. The molecule has 1 aliphatic rings. The first kappa shape index (κ1) is 14.2. The molecule has 7 heteroatoms. The number of thioether (sulfide) groups is 1. The Bertz CT molecular complexity index is 463. The van der Waals surface area contributed by atoms with E-state index in [-0.39, 0.29) is 5.75 Å². The highest BCUT2D eigenvalue weighted by molar-refractivity contribution is 7.99. The van der Waals surface area contributed by atoms with Crippen molar-refractivity contribution in [1.29, 1.82) is 0 Å². The molecular formula is C12H20N4O2S. The van der Waals surface area contributed by atoms with Crippen LogP contribution in [0.5, 0.6) is 0 Å². The highest BCUT2D eigenvalue weighted by Gasteiger charge is 2.30. The Morgan fingerprint density at radius 1 is 1.47 bits per heavy atom. The third-order valence-electron chi connectivity index (χ3n) is 3.38. The van der Waals surface area contributed by atoms with Crippen LogP contribution in [0.25, 0.3) is 0 Å². The minimum absolute atomic E-state index is 0.0179. The molecule has 2 heterocycles. The van der Waals surface area contributed by atoms with Crippen LogP contribution in [0.1, 0.15) is 27.2 Å². The molecule has 0 amide bonds. The van der Waals surface area contributed by atoms with Gasteiger partial charge in [-0.1, -0.05) is 18.7 Å². The summed E-state index contributed by atoms with van der Waals surface area (Å²) in [5.74, 6) is 0.712. The van der Waals surface area contributed by atoms with Gasteiger partial charge in [0.05, 0.1) is 5.75 Å². The standard InChI is InChI=1S/C12H20N4O2S/c1-4-15-11(16-6-8(2)5-9(16)3)13-14-12(15)19-7-10(17)18/h8-9H,4-7H2,1-3H3,(H,17,18). The van der Waals surface area contributed by atoms with Gasteiger partial charge in [0, 0.05) is 19.1 Å². The second-order valence-electron chi connectivity index (χ2n) is 5.05. The van der Waals surface area contributed by atoms with Crippen LogP contribution >= 0.6 is 11.8 Å². The molecule has 106 valence electrons. The van der Waals surface area contributed by atoms with Gasteiger partial charge in [-0.3, -0.25) is 9.36 Å². The largest absolute Gasteiger partial charge is 0.481 e. The Hall–Kier alpha value is -1.24. The van der Waals surface area contributed by atoms with Crippen molar-refractivity contribution >= 4 is 23.7 Å². The van der Waals surface area contributed by atoms with Gasteiger partial charge in [0.2, 0.25) is 5.95 Å². The molecule has 0 bridgehead atoms. The minimum Gasteiger partial charge on any atom is -0.481 e. The monoisotopic (exact) mass is 284 g/mol. The van der Waals surface area contributed by atoms with E-state index in [1.807, 2.05) is 11.5 Å². The first-order chi connectivity index (χ1) is 9.02. The van der Waals surface area contributed by atoms with Crippen LogP contribution in [-0.2, 0) is 11.3 Å². The highest BCUT2D eigenvalue weighted by atomic mass is 32.2. The molecule has 1 aromatic rings. The predicted octanol–water partition coefficient (Wildman–Crippen LogP) is 1.71. The zero-order valence-electron chi connectivity index (χ0n) is 11.5. The van der Waals surface area contributed by atoms with Gasteiger partial charge in [-0.05, 0) is 26.2 Å². The molecule has 0 radical (unpaired) electrons. The lowest BCUT2D eigenvalue weighted by molar-refractivity contribution is -0.133. The predicted molar refractivity (Wildman–Crippen MR) is 74.6 cm³/mol. The van der Waals surface area contributed by atoms with E-state index in [1.54, 1.807) is 0 Å². The SMILES string of the molecule is CCn1c(SCC(=O)O)nnc1N1CC(C)CC1C. The van der Waals surface area contributed by atoms with Crippen molar-refractivity contribution in [2.24, 2.45) is 5.92 Å². The van der Waals surface area contributed by atoms with E-state index in [0.717, 1.165) is 25.5 Å². The van der Waals surface area contributed by atoms with E-state index < -0.39 is 5.97 Å². The van der Waals surface area contributed by atoms with Crippen molar-refractivity contribution in [2.45, 2.75) is 44.9 Å². The van der Waals surface area contributed by atoms with Gasteiger partial charge in [-0.2, -0.15) is 0 Å². The molecule has 6 nitrogen and oxygen atoms in total. The van der Waals surface area contributed by atoms with Crippen molar-refractivity contribution < 1.29 is 9.90 Å². The van der Waals surface area contributed by atoms with Crippen LogP contribution in [0.2, 0.25) is 0 Å². The van der Waals surface area contributed by atoms with Gasteiger partial charge in [0.15, 0.2) is 5.16 Å². The first-order valence-corrected chi connectivity index (χ1v) is 7.55. The van der Waals surface area contributed by atoms with E-state index in [9.17, 15) is 4.79 Å². The number of hydrogen-bond donors (Lipinski definition) is 1. The maximum Gasteiger partial charge on any atom is 0.313 e. The molecule has 0 aromatic carbocycles. The zero-order chi connectivity index (χ0) is 14.0. The molecule has 2 unspecified atom stereocenters. The molecule has 0 aliphatic carbocycles. The number of aromatic nitrogens is 3. The number of aliphatic carboxylic acids is 1. The van der Waals surface area contributed by atoms with E-state index in [1.165, 1.54) is 11.8 Å². The van der Waals surface area contributed by atoms with Gasteiger partial charge in [0.1, 0.15) is 0 Å².